The summed E-state index contributed by atoms with van der Waals surface area (Å²) in [5.41, 5.74) is 0. The summed E-state index contributed by atoms with van der Waals surface area (Å²) < 4.78 is 5.28. The summed E-state index contributed by atoms with van der Waals surface area (Å²) in [5, 5.41) is 13.2. The van der Waals surface area contributed by atoms with Crippen molar-refractivity contribution in [3.05, 3.63) is 11.7 Å². The normalized spacial score (nSPS) is 29.4. The molecule has 100 valence electrons. The number of aliphatic carboxylic acids is 1. The molecule has 1 aliphatic rings. The highest BCUT2D eigenvalue weighted by molar-refractivity contribution is 5.71. The Hall–Kier alpha value is -1.39. The highest BCUT2D eigenvalue weighted by atomic mass is 16.5. The van der Waals surface area contributed by atoms with E-state index in [1.54, 1.807) is 0 Å². The van der Waals surface area contributed by atoms with Crippen LogP contribution in [-0.4, -0.2) is 21.2 Å². The second kappa shape index (κ2) is 5.08. The Labute approximate surface area is 107 Å². The fourth-order valence-corrected chi connectivity index (χ4v) is 2.62. The van der Waals surface area contributed by atoms with Crippen molar-refractivity contribution < 1.29 is 14.4 Å². The molecule has 1 fully saturated rings. The van der Waals surface area contributed by atoms with E-state index >= 15 is 0 Å². The number of hydrogen-bond acceptors (Lipinski definition) is 4. The van der Waals surface area contributed by atoms with E-state index in [0.29, 0.717) is 24.1 Å². The van der Waals surface area contributed by atoms with Crippen LogP contribution < -0.4 is 0 Å². The summed E-state index contributed by atoms with van der Waals surface area (Å²) >= 11 is 0. The van der Waals surface area contributed by atoms with Gasteiger partial charge in [-0.1, -0.05) is 25.9 Å². The van der Waals surface area contributed by atoms with Gasteiger partial charge in [0.1, 0.15) is 0 Å². The Morgan fingerprint density at radius 2 is 2.28 bits per heavy atom. The van der Waals surface area contributed by atoms with Gasteiger partial charge in [-0.15, -0.1) is 0 Å². The van der Waals surface area contributed by atoms with E-state index in [9.17, 15) is 9.90 Å². The molecule has 4 atom stereocenters. The molecule has 0 amide bonds. The minimum absolute atomic E-state index is 0.122. The van der Waals surface area contributed by atoms with Crippen LogP contribution in [0.5, 0.6) is 0 Å². The molecule has 4 unspecified atom stereocenters. The molecule has 5 heteroatoms. The second-order valence-electron chi connectivity index (χ2n) is 5.43. The lowest BCUT2D eigenvalue weighted by Gasteiger charge is -2.10. The second-order valence-corrected chi connectivity index (χ2v) is 5.43. The fraction of sp³-hybridized carbons (Fsp3) is 0.769. The fourth-order valence-electron chi connectivity index (χ4n) is 2.62. The third-order valence-electron chi connectivity index (χ3n) is 3.94. The van der Waals surface area contributed by atoms with E-state index in [1.165, 1.54) is 0 Å². The summed E-state index contributed by atoms with van der Waals surface area (Å²) in [6.45, 7) is 6.18. The molecule has 1 saturated carbocycles. The largest absolute Gasteiger partial charge is 0.481 e. The van der Waals surface area contributed by atoms with E-state index in [1.807, 2.05) is 6.92 Å². The number of rotatable bonds is 4. The minimum atomic E-state index is -0.757. The lowest BCUT2D eigenvalue weighted by Crippen LogP contribution is -2.17. The first-order valence-corrected chi connectivity index (χ1v) is 6.59. The highest BCUT2D eigenvalue weighted by Crippen LogP contribution is 2.42. The standard InChI is InChI=1S/C13H20N2O3/c1-4-8(3)11-14-12(18-15-11)9-5-7(2)6-10(9)13(16)17/h7-10H,4-6H2,1-3H3,(H,16,17). The molecular formula is C13H20N2O3. The molecule has 0 radical (unpaired) electrons. The molecule has 1 aromatic rings. The summed E-state index contributed by atoms with van der Waals surface area (Å²) in [6.07, 6.45) is 2.46. The maximum atomic E-state index is 11.2. The van der Waals surface area contributed by atoms with Gasteiger partial charge in [0.05, 0.1) is 11.8 Å². The van der Waals surface area contributed by atoms with Gasteiger partial charge in [-0.05, 0) is 25.2 Å². The lowest BCUT2D eigenvalue weighted by molar-refractivity contribution is -0.142. The van der Waals surface area contributed by atoms with Crippen LogP contribution in [0.1, 0.15) is 63.6 Å². The lowest BCUT2D eigenvalue weighted by atomic mass is 9.96. The number of carbonyl (C=O) groups is 1. The van der Waals surface area contributed by atoms with Crippen molar-refractivity contribution in [3.63, 3.8) is 0 Å². The van der Waals surface area contributed by atoms with Crippen LogP contribution in [0.25, 0.3) is 0 Å². The molecule has 1 heterocycles. The predicted octanol–water partition coefficient (Wildman–Crippen LogP) is 2.80. The average molecular weight is 252 g/mol. The first-order chi connectivity index (χ1) is 8.52. The van der Waals surface area contributed by atoms with Crippen molar-refractivity contribution >= 4 is 5.97 Å². The monoisotopic (exact) mass is 252 g/mol. The third kappa shape index (κ3) is 2.40. The summed E-state index contributed by atoms with van der Waals surface area (Å²) in [4.78, 5) is 15.6. The first-order valence-electron chi connectivity index (χ1n) is 6.59. The Morgan fingerprint density at radius 1 is 1.56 bits per heavy atom. The number of carboxylic acids is 1. The van der Waals surface area contributed by atoms with Crippen molar-refractivity contribution in [3.8, 4) is 0 Å². The molecule has 0 spiro atoms. The summed E-state index contributed by atoms with van der Waals surface area (Å²) in [5.74, 6) is 0.582. The molecule has 0 saturated heterocycles. The zero-order chi connectivity index (χ0) is 13.3. The van der Waals surface area contributed by atoms with Gasteiger partial charge >= 0.3 is 5.97 Å². The van der Waals surface area contributed by atoms with Gasteiger partial charge in [0.15, 0.2) is 5.82 Å². The number of nitrogens with zero attached hydrogens (tertiary/aromatic N) is 2. The average Bonchev–Trinajstić information content (AvgIpc) is 2.93. The van der Waals surface area contributed by atoms with Crippen LogP contribution in [0.3, 0.4) is 0 Å². The van der Waals surface area contributed by atoms with E-state index in [0.717, 1.165) is 12.8 Å². The molecule has 1 aromatic heterocycles. The first kappa shape index (κ1) is 13.1. The molecule has 0 aromatic carbocycles. The number of carboxylic acid groups (broad SMARTS) is 1. The van der Waals surface area contributed by atoms with Crippen molar-refractivity contribution in [2.75, 3.05) is 0 Å². The molecule has 1 aliphatic carbocycles. The van der Waals surface area contributed by atoms with Crippen molar-refractivity contribution in [2.24, 2.45) is 11.8 Å². The molecule has 18 heavy (non-hydrogen) atoms. The minimum Gasteiger partial charge on any atom is -0.481 e. The van der Waals surface area contributed by atoms with Crippen molar-refractivity contribution in [1.29, 1.82) is 0 Å². The molecule has 5 nitrogen and oxygen atoms in total. The van der Waals surface area contributed by atoms with Gasteiger partial charge in [-0.25, -0.2) is 0 Å². The highest BCUT2D eigenvalue weighted by Gasteiger charge is 2.41. The van der Waals surface area contributed by atoms with E-state index in [-0.39, 0.29) is 17.8 Å². The zero-order valence-electron chi connectivity index (χ0n) is 11.1. The van der Waals surface area contributed by atoms with Gasteiger partial charge in [-0.2, -0.15) is 4.98 Å². The quantitative estimate of drug-likeness (QED) is 0.891. The third-order valence-corrected chi connectivity index (χ3v) is 3.94. The van der Waals surface area contributed by atoms with Crippen LogP contribution in [0.15, 0.2) is 4.52 Å². The van der Waals surface area contributed by atoms with Gasteiger partial charge in [0.25, 0.3) is 0 Å². The van der Waals surface area contributed by atoms with Gasteiger partial charge in [0.2, 0.25) is 5.89 Å². The molecule has 2 rings (SSSR count). The van der Waals surface area contributed by atoms with Crippen molar-refractivity contribution in [2.45, 2.75) is 51.9 Å². The predicted molar refractivity (Wildman–Crippen MR) is 65.3 cm³/mol. The van der Waals surface area contributed by atoms with Crippen LogP contribution in [-0.2, 0) is 4.79 Å². The molecule has 1 N–H and O–H groups in total. The Kier molecular flexibility index (Phi) is 3.68. The number of aromatic nitrogens is 2. The number of hydrogen-bond donors (Lipinski definition) is 1. The van der Waals surface area contributed by atoms with Crippen LogP contribution in [0.4, 0.5) is 0 Å². The Balaban J connectivity index is 2.20. The molecule has 0 bridgehead atoms. The van der Waals surface area contributed by atoms with Gasteiger partial charge in [0, 0.05) is 5.92 Å². The van der Waals surface area contributed by atoms with Gasteiger partial charge in [-0.3, -0.25) is 4.79 Å². The summed E-state index contributed by atoms with van der Waals surface area (Å²) in [7, 11) is 0. The SMILES string of the molecule is CCC(C)c1noc(C2CC(C)CC2C(=O)O)n1. The molecular weight excluding hydrogens is 232 g/mol. The van der Waals surface area contributed by atoms with E-state index in [2.05, 4.69) is 24.0 Å². The van der Waals surface area contributed by atoms with Gasteiger partial charge < -0.3 is 9.63 Å². The Morgan fingerprint density at radius 3 is 2.89 bits per heavy atom. The van der Waals surface area contributed by atoms with Crippen LogP contribution in [0, 0.1) is 11.8 Å². The van der Waals surface area contributed by atoms with E-state index < -0.39 is 5.97 Å². The topological polar surface area (TPSA) is 76.2 Å². The smallest absolute Gasteiger partial charge is 0.307 e. The van der Waals surface area contributed by atoms with Crippen molar-refractivity contribution in [1.82, 2.24) is 10.1 Å². The van der Waals surface area contributed by atoms with Crippen LogP contribution in [0.2, 0.25) is 0 Å². The maximum absolute atomic E-state index is 11.2. The Bertz CT molecular complexity index is 430. The maximum Gasteiger partial charge on any atom is 0.307 e. The summed E-state index contributed by atoms with van der Waals surface area (Å²) in [6, 6.07) is 0. The molecule has 0 aliphatic heterocycles. The van der Waals surface area contributed by atoms with E-state index in [4.69, 9.17) is 4.52 Å². The zero-order valence-corrected chi connectivity index (χ0v) is 11.1. The van der Waals surface area contributed by atoms with Crippen LogP contribution >= 0.6 is 0 Å².